The van der Waals surface area contributed by atoms with Gasteiger partial charge in [0.05, 0.1) is 0 Å². The van der Waals surface area contributed by atoms with Crippen LogP contribution in [0.2, 0.25) is 0 Å². The summed E-state index contributed by atoms with van der Waals surface area (Å²) in [5.41, 5.74) is 0. The predicted octanol–water partition coefficient (Wildman–Crippen LogP) is 3.64. The minimum absolute atomic E-state index is 0.156. The van der Waals surface area contributed by atoms with Crippen LogP contribution in [-0.4, -0.2) is 23.8 Å². The van der Waals surface area contributed by atoms with Crippen molar-refractivity contribution in [3.05, 3.63) is 0 Å². The SMILES string of the molecule is CCCC(F)(F)CC(=O)OOC(=O)CC(F)(F)CCC. The Bertz CT molecular complexity index is 299. The van der Waals surface area contributed by atoms with Crippen molar-refractivity contribution in [2.24, 2.45) is 0 Å². The molecule has 0 fully saturated rings. The first-order chi connectivity index (χ1) is 9.12. The Morgan fingerprint density at radius 2 is 1.10 bits per heavy atom. The van der Waals surface area contributed by atoms with Gasteiger partial charge in [0.2, 0.25) is 0 Å². The van der Waals surface area contributed by atoms with E-state index in [1.807, 2.05) is 0 Å². The first-order valence-electron chi connectivity index (χ1n) is 6.27. The van der Waals surface area contributed by atoms with E-state index in [9.17, 15) is 27.2 Å². The zero-order chi connectivity index (χ0) is 15.8. The van der Waals surface area contributed by atoms with Crippen LogP contribution in [0.25, 0.3) is 0 Å². The highest BCUT2D eigenvalue weighted by Gasteiger charge is 2.35. The molecule has 0 spiro atoms. The number of hydrogen-bond acceptors (Lipinski definition) is 4. The molecule has 0 aromatic carbocycles. The van der Waals surface area contributed by atoms with Gasteiger partial charge in [0.25, 0.3) is 11.8 Å². The minimum atomic E-state index is -3.27. The van der Waals surface area contributed by atoms with E-state index >= 15 is 0 Å². The van der Waals surface area contributed by atoms with E-state index in [4.69, 9.17) is 0 Å². The van der Waals surface area contributed by atoms with Crippen LogP contribution in [0.5, 0.6) is 0 Å². The molecule has 0 unspecified atom stereocenters. The number of rotatable bonds is 8. The Balaban J connectivity index is 4.10. The molecule has 8 heteroatoms. The molecule has 20 heavy (non-hydrogen) atoms. The third kappa shape index (κ3) is 8.71. The average molecular weight is 302 g/mol. The third-order valence-corrected chi connectivity index (χ3v) is 2.27. The lowest BCUT2D eigenvalue weighted by atomic mass is 10.1. The Morgan fingerprint density at radius 1 is 0.800 bits per heavy atom. The normalized spacial score (nSPS) is 12.1. The van der Waals surface area contributed by atoms with Gasteiger partial charge in [-0.1, -0.05) is 26.7 Å². The smallest absolute Gasteiger partial charge is 0.247 e. The minimum Gasteiger partial charge on any atom is -0.247 e. The second-order valence-corrected chi connectivity index (χ2v) is 4.48. The van der Waals surface area contributed by atoms with Crippen molar-refractivity contribution in [1.29, 1.82) is 0 Å². The molecule has 0 saturated heterocycles. The highest BCUT2D eigenvalue weighted by Crippen LogP contribution is 2.26. The molecule has 0 saturated carbocycles. The van der Waals surface area contributed by atoms with Gasteiger partial charge in [-0.3, -0.25) is 0 Å². The van der Waals surface area contributed by atoms with E-state index in [0.717, 1.165) is 0 Å². The lowest BCUT2D eigenvalue weighted by molar-refractivity contribution is -0.265. The monoisotopic (exact) mass is 302 g/mol. The second kappa shape index (κ2) is 8.06. The van der Waals surface area contributed by atoms with Crippen LogP contribution in [-0.2, 0) is 19.4 Å². The molecule has 0 bridgehead atoms. The molecule has 0 heterocycles. The van der Waals surface area contributed by atoms with Crippen molar-refractivity contribution >= 4 is 11.9 Å². The fourth-order valence-corrected chi connectivity index (χ4v) is 1.48. The van der Waals surface area contributed by atoms with Gasteiger partial charge in [-0.2, -0.15) is 0 Å². The summed E-state index contributed by atoms with van der Waals surface area (Å²) in [6, 6.07) is 0. The van der Waals surface area contributed by atoms with Crippen molar-refractivity contribution < 1.29 is 36.9 Å². The second-order valence-electron chi connectivity index (χ2n) is 4.48. The first-order valence-corrected chi connectivity index (χ1v) is 6.27. The van der Waals surface area contributed by atoms with Crippen molar-refractivity contribution in [1.82, 2.24) is 0 Å². The Morgan fingerprint density at radius 3 is 1.35 bits per heavy atom. The Labute approximate surface area is 114 Å². The average Bonchev–Trinajstić information content (AvgIpc) is 2.24. The van der Waals surface area contributed by atoms with E-state index in [2.05, 4.69) is 9.78 Å². The maximum absolute atomic E-state index is 13.0. The summed E-state index contributed by atoms with van der Waals surface area (Å²) in [6.07, 6.45) is -3.26. The summed E-state index contributed by atoms with van der Waals surface area (Å²) >= 11 is 0. The van der Waals surface area contributed by atoms with Gasteiger partial charge >= 0.3 is 11.9 Å². The van der Waals surface area contributed by atoms with Crippen molar-refractivity contribution in [2.45, 2.75) is 64.2 Å². The van der Waals surface area contributed by atoms with Crippen LogP contribution in [0.3, 0.4) is 0 Å². The lowest BCUT2D eigenvalue weighted by Gasteiger charge is -2.15. The van der Waals surface area contributed by atoms with E-state index < -0.39 is 49.5 Å². The predicted molar refractivity (Wildman–Crippen MR) is 61.1 cm³/mol. The molecule has 0 aliphatic heterocycles. The van der Waals surface area contributed by atoms with Crippen LogP contribution >= 0.6 is 0 Å². The maximum Gasteiger partial charge on any atom is 0.361 e. The standard InChI is InChI=1S/C12H18F4O4/c1-3-5-11(13,14)7-9(17)19-20-10(18)8-12(15,16)6-4-2/h3-8H2,1-2H3. The molecule has 0 amide bonds. The van der Waals surface area contributed by atoms with Gasteiger partial charge in [-0.15, -0.1) is 0 Å². The van der Waals surface area contributed by atoms with E-state index in [1.165, 1.54) is 13.8 Å². The summed E-state index contributed by atoms with van der Waals surface area (Å²) in [5, 5.41) is 0. The fraction of sp³-hybridized carbons (Fsp3) is 0.833. The molecular weight excluding hydrogens is 284 g/mol. The van der Waals surface area contributed by atoms with E-state index in [0.29, 0.717) is 0 Å². The van der Waals surface area contributed by atoms with Crippen LogP contribution in [0.15, 0.2) is 0 Å². The van der Waals surface area contributed by atoms with Gasteiger partial charge in [0.15, 0.2) is 0 Å². The fourth-order valence-electron chi connectivity index (χ4n) is 1.48. The molecule has 0 radical (unpaired) electrons. The van der Waals surface area contributed by atoms with Crippen LogP contribution in [0.4, 0.5) is 17.6 Å². The van der Waals surface area contributed by atoms with Crippen LogP contribution in [0, 0.1) is 0 Å². The molecule has 0 atom stereocenters. The van der Waals surface area contributed by atoms with Gasteiger partial charge in [0, 0.05) is 12.8 Å². The van der Waals surface area contributed by atoms with Crippen molar-refractivity contribution in [2.75, 3.05) is 0 Å². The first kappa shape index (κ1) is 18.7. The van der Waals surface area contributed by atoms with E-state index in [1.54, 1.807) is 0 Å². The summed E-state index contributed by atoms with van der Waals surface area (Å²) in [5.74, 6) is -9.50. The van der Waals surface area contributed by atoms with Gasteiger partial charge < -0.3 is 0 Å². The largest absolute Gasteiger partial charge is 0.361 e. The summed E-state index contributed by atoms with van der Waals surface area (Å²) in [7, 11) is 0. The third-order valence-electron chi connectivity index (χ3n) is 2.27. The van der Waals surface area contributed by atoms with Gasteiger partial charge in [0.1, 0.15) is 12.8 Å². The molecule has 0 aromatic rings. The zero-order valence-electron chi connectivity index (χ0n) is 11.4. The number of carbonyl (C=O) groups excluding carboxylic acids is 2. The summed E-state index contributed by atoms with van der Waals surface area (Å²) < 4.78 is 52.0. The quantitative estimate of drug-likeness (QED) is 0.390. The molecule has 118 valence electrons. The number of halogens is 4. The topological polar surface area (TPSA) is 52.6 Å². The van der Waals surface area contributed by atoms with Crippen LogP contribution in [0.1, 0.15) is 52.4 Å². The molecule has 0 aromatic heterocycles. The number of hydrogen-bond donors (Lipinski definition) is 0. The lowest BCUT2D eigenvalue weighted by Crippen LogP contribution is -2.26. The summed E-state index contributed by atoms with van der Waals surface area (Å²) in [4.78, 5) is 29.5. The van der Waals surface area contributed by atoms with E-state index in [-0.39, 0.29) is 12.8 Å². The Kier molecular flexibility index (Phi) is 7.52. The molecule has 0 aliphatic carbocycles. The Hall–Kier alpha value is -1.34. The van der Waals surface area contributed by atoms with Crippen molar-refractivity contribution in [3.63, 3.8) is 0 Å². The maximum atomic E-state index is 13.0. The molecular formula is C12H18F4O4. The zero-order valence-corrected chi connectivity index (χ0v) is 11.4. The van der Waals surface area contributed by atoms with Gasteiger partial charge in [-0.25, -0.2) is 36.9 Å². The highest BCUT2D eigenvalue weighted by molar-refractivity contribution is 5.73. The summed E-state index contributed by atoms with van der Waals surface area (Å²) in [6.45, 7) is 3.02. The van der Waals surface area contributed by atoms with Crippen molar-refractivity contribution in [3.8, 4) is 0 Å². The number of carbonyl (C=O) groups is 2. The van der Waals surface area contributed by atoms with Gasteiger partial charge in [-0.05, 0) is 0 Å². The molecule has 0 N–H and O–H groups in total. The molecule has 4 nitrogen and oxygen atoms in total. The molecule has 0 rings (SSSR count). The van der Waals surface area contributed by atoms with Crippen LogP contribution < -0.4 is 0 Å². The highest BCUT2D eigenvalue weighted by atomic mass is 19.3. The molecule has 0 aliphatic rings. The number of alkyl halides is 4.